The summed E-state index contributed by atoms with van der Waals surface area (Å²) in [6.07, 6.45) is 7.79. The van der Waals surface area contributed by atoms with Gasteiger partial charge in [-0.2, -0.15) is 0 Å². The summed E-state index contributed by atoms with van der Waals surface area (Å²) in [6, 6.07) is 0. The molecule has 0 radical (unpaired) electrons. The molecule has 2 heterocycles. The predicted octanol–water partition coefficient (Wildman–Crippen LogP) is 3.63. The number of nitrogens with zero attached hydrogens (tertiary/aromatic N) is 4. The summed E-state index contributed by atoms with van der Waals surface area (Å²) in [6.45, 7) is 0. The molecular formula is C9H13F6N4P. The first kappa shape index (κ1) is 16.5. The van der Waals surface area contributed by atoms with Gasteiger partial charge in [-0.3, -0.25) is 0 Å². The van der Waals surface area contributed by atoms with E-state index < -0.39 is 7.81 Å². The molecule has 0 saturated carbocycles. The minimum absolute atomic E-state index is 0.981. The van der Waals surface area contributed by atoms with Crippen molar-refractivity contribution >= 4 is 7.81 Å². The monoisotopic (exact) mass is 322 g/mol. The standard InChI is InChI=1S/C9H13N4.F6P/c1-11-5-4-10-8(11)9-12(2)6-7-13(9)3;1-7(2,3,4,5)6/h4-7H,1-3H3;/q+1;-1. The van der Waals surface area contributed by atoms with Crippen molar-refractivity contribution in [3.05, 3.63) is 24.8 Å². The van der Waals surface area contributed by atoms with Gasteiger partial charge in [-0.15, -0.1) is 0 Å². The zero-order chi connectivity index (χ0) is 15.8. The Morgan fingerprint density at radius 2 is 1.50 bits per heavy atom. The van der Waals surface area contributed by atoms with Gasteiger partial charge >= 0.3 is 38.8 Å². The average Bonchev–Trinajstić information content (AvgIpc) is 2.69. The van der Waals surface area contributed by atoms with Crippen LogP contribution in [0.25, 0.3) is 11.6 Å². The SMILES string of the molecule is Cn1ccnc1-c1n(C)cc[n+]1C.F[P-](F)(F)(F)(F)F. The molecule has 0 aliphatic carbocycles. The Morgan fingerprint density at radius 1 is 1.00 bits per heavy atom. The van der Waals surface area contributed by atoms with E-state index in [9.17, 15) is 25.2 Å². The van der Waals surface area contributed by atoms with E-state index in [1.54, 1.807) is 0 Å². The second kappa shape index (κ2) is 4.21. The summed E-state index contributed by atoms with van der Waals surface area (Å²) in [5.74, 6) is 2.09. The fraction of sp³-hybridized carbons (Fsp3) is 0.333. The van der Waals surface area contributed by atoms with Crippen molar-refractivity contribution in [2.75, 3.05) is 0 Å². The van der Waals surface area contributed by atoms with Gasteiger partial charge in [0.1, 0.15) is 12.4 Å². The van der Waals surface area contributed by atoms with Crippen molar-refractivity contribution in [1.29, 1.82) is 0 Å². The van der Waals surface area contributed by atoms with E-state index in [0.29, 0.717) is 0 Å². The zero-order valence-corrected chi connectivity index (χ0v) is 11.7. The fourth-order valence-electron chi connectivity index (χ4n) is 1.49. The Balaban J connectivity index is 0.000000246. The molecule has 0 unspecified atom stereocenters. The molecule has 0 saturated heterocycles. The van der Waals surface area contributed by atoms with Crippen molar-refractivity contribution < 1.29 is 29.7 Å². The van der Waals surface area contributed by atoms with Gasteiger partial charge in [-0.1, -0.05) is 0 Å². The van der Waals surface area contributed by atoms with Gasteiger partial charge in [0, 0.05) is 19.4 Å². The van der Waals surface area contributed by atoms with Crippen LogP contribution >= 0.6 is 7.81 Å². The summed E-state index contributed by atoms with van der Waals surface area (Å²) < 4.78 is 65.3. The molecule has 2 aromatic rings. The molecule has 0 bridgehead atoms. The van der Waals surface area contributed by atoms with E-state index in [0.717, 1.165) is 11.6 Å². The van der Waals surface area contributed by atoms with Gasteiger partial charge in [0.25, 0.3) is 0 Å². The second-order valence-corrected chi connectivity index (χ2v) is 6.08. The Hall–Kier alpha value is -1.57. The van der Waals surface area contributed by atoms with Crippen molar-refractivity contribution in [1.82, 2.24) is 14.1 Å². The van der Waals surface area contributed by atoms with Crippen molar-refractivity contribution in [3.63, 3.8) is 0 Å². The number of halogens is 6. The molecule has 0 atom stereocenters. The minimum atomic E-state index is -10.7. The molecule has 0 spiro atoms. The first-order valence-corrected chi connectivity index (χ1v) is 7.23. The molecule has 2 aromatic heterocycles. The summed E-state index contributed by atoms with van der Waals surface area (Å²) >= 11 is 0. The molecule has 4 nitrogen and oxygen atoms in total. The molecule has 0 amide bonds. The second-order valence-electron chi connectivity index (χ2n) is 4.16. The van der Waals surface area contributed by atoms with Crippen LogP contribution in [0, 0.1) is 0 Å². The Labute approximate surface area is 110 Å². The first-order valence-electron chi connectivity index (χ1n) is 5.20. The van der Waals surface area contributed by atoms with E-state index in [1.807, 2.05) is 50.5 Å². The van der Waals surface area contributed by atoms with Crippen LogP contribution < -0.4 is 4.57 Å². The average molecular weight is 322 g/mol. The van der Waals surface area contributed by atoms with E-state index in [4.69, 9.17) is 0 Å². The van der Waals surface area contributed by atoms with E-state index in [1.165, 1.54) is 0 Å². The summed E-state index contributed by atoms with van der Waals surface area (Å²) in [7, 11) is -4.63. The molecule has 116 valence electrons. The number of imidazole rings is 2. The summed E-state index contributed by atoms with van der Waals surface area (Å²) in [4.78, 5) is 4.30. The molecule has 0 aliphatic heterocycles. The van der Waals surface area contributed by atoms with Gasteiger partial charge in [0.05, 0.1) is 14.1 Å². The van der Waals surface area contributed by atoms with E-state index >= 15 is 0 Å². The van der Waals surface area contributed by atoms with E-state index in [-0.39, 0.29) is 0 Å². The maximum absolute atomic E-state index is 10.7. The third-order valence-electron chi connectivity index (χ3n) is 2.20. The normalized spacial score (nSPS) is 15.1. The number of hydrogen-bond acceptors (Lipinski definition) is 1. The Bertz CT molecular complexity index is 581. The van der Waals surface area contributed by atoms with Crippen molar-refractivity contribution in [3.8, 4) is 11.6 Å². The first-order chi connectivity index (χ1) is 8.65. The van der Waals surface area contributed by atoms with Gasteiger partial charge in [-0.05, 0) is 0 Å². The van der Waals surface area contributed by atoms with E-state index in [2.05, 4.69) is 14.1 Å². The van der Waals surface area contributed by atoms with Crippen LogP contribution in [0.3, 0.4) is 0 Å². The fourth-order valence-corrected chi connectivity index (χ4v) is 1.49. The summed E-state index contributed by atoms with van der Waals surface area (Å²) in [5, 5.41) is 0. The Kier molecular flexibility index (Phi) is 3.47. The van der Waals surface area contributed by atoms with Crippen LogP contribution in [0.15, 0.2) is 24.8 Å². The molecule has 0 aliphatic rings. The number of aryl methyl sites for hydroxylation is 3. The molecular weight excluding hydrogens is 309 g/mol. The van der Waals surface area contributed by atoms with Crippen molar-refractivity contribution in [2.24, 2.45) is 21.1 Å². The van der Waals surface area contributed by atoms with Gasteiger partial charge in [0.2, 0.25) is 5.82 Å². The topological polar surface area (TPSA) is 26.6 Å². The van der Waals surface area contributed by atoms with Crippen LogP contribution in [0.4, 0.5) is 25.2 Å². The Morgan fingerprint density at radius 3 is 1.80 bits per heavy atom. The quantitative estimate of drug-likeness (QED) is 0.447. The number of aromatic nitrogens is 4. The molecule has 20 heavy (non-hydrogen) atoms. The zero-order valence-electron chi connectivity index (χ0n) is 10.8. The van der Waals surface area contributed by atoms with Gasteiger partial charge in [0.15, 0.2) is 0 Å². The molecule has 2 rings (SSSR count). The number of rotatable bonds is 1. The van der Waals surface area contributed by atoms with Crippen LogP contribution in [-0.4, -0.2) is 14.1 Å². The van der Waals surface area contributed by atoms with Crippen LogP contribution in [0.1, 0.15) is 0 Å². The third kappa shape index (κ3) is 6.05. The predicted molar refractivity (Wildman–Crippen MR) is 62.4 cm³/mol. The van der Waals surface area contributed by atoms with Gasteiger partial charge in [-0.25, -0.2) is 14.1 Å². The molecule has 11 heteroatoms. The molecule has 0 N–H and O–H groups in total. The maximum atomic E-state index is 9.87. The summed E-state index contributed by atoms with van der Waals surface area (Å²) in [5.41, 5.74) is 0. The number of hydrogen-bond donors (Lipinski definition) is 0. The third-order valence-corrected chi connectivity index (χ3v) is 2.20. The van der Waals surface area contributed by atoms with Crippen LogP contribution in [-0.2, 0) is 21.1 Å². The van der Waals surface area contributed by atoms with Gasteiger partial charge < -0.3 is 4.57 Å². The van der Waals surface area contributed by atoms with Crippen LogP contribution in [0.2, 0.25) is 0 Å². The molecule has 0 fully saturated rings. The van der Waals surface area contributed by atoms with Crippen LogP contribution in [0.5, 0.6) is 0 Å². The molecule has 0 aromatic carbocycles. The van der Waals surface area contributed by atoms with Crippen molar-refractivity contribution in [2.45, 2.75) is 0 Å².